The van der Waals surface area contributed by atoms with Crippen LogP contribution in [-0.2, 0) is 32.9 Å². The molecule has 0 bridgehead atoms. The van der Waals surface area contributed by atoms with Crippen molar-refractivity contribution in [2.75, 3.05) is 0 Å². The number of aromatic nitrogens is 2. The molecule has 0 N–H and O–H groups in total. The van der Waals surface area contributed by atoms with E-state index >= 15 is 0 Å². The van der Waals surface area contributed by atoms with Crippen LogP contribution in [0.25, 0.3) is 55.6 Å². The summed E-state index contributed by atoms with van der Waals surface area (Å²) >= 11 is 0. The Hall–Kier alpha value is -4.15. The maximum atomic E-state index is 6.37. The molecule has 51 heavy (non-hydrogen) atoms. The van der Waals surface area contributed by atoms with Gasteiger partial charge in [-0.1, -0.05) is 131 Å². The van der Waals surface area contributed by atoms with E-state index in [4.69, 9.17) is 4.42 Å². The minimum absolute atomic E-state index is 0. The molecule has 0 saturated heterocycles. The van der Waals surface area contributed by atoms with Gasteiger partial charge in [-0.3, -0.25) is 0 Å². The fourth-order valence-corrected chi connectivity index (χ4v) is 8.24. The maximum Gasteiger partial charge on any atom is 0.121 e. The Kier molecular flexibility index (Phi) is 12.0. The molecule has 0 fully saturated rings. The summed E-state index contributed by atoms with van der Waals surface area (Å²) in [6.07, 6.45) is 6.12. The zero-order valence-electron chi connectivity index (χ0n) is 31.1. The topological polar surface area (TPSA) is 38.9 Å². The van der Waals surface area contributed by atoms with Crippen LogP contribution in [0, 0.1) is 23.5 Å². The summed E-state index contributed by atoms with van der Waals surface area (Å²) in [6.45, 7) is 18.5. The second-order valence-corrected chi connectivity index (χ2v) is 20.9. The van der Waals surface area contributed by atoms with Gasteiger partial charge in [-0.05, 0) is 64.0 Å². The monoisotopic (exact) mass is 865 g/mol. The summed E-state index contributed by atoms with van der Waals surface area (Å²) in [7, 11) is -1.34. The molecule has 3 aromatic heterocycles. The molecule has 0 aliphatic rings. The van der Waals surface area contributed by atoms with Crippen LogP contribution in [-0.4, -0.2) is 18.0 Å². The number of furan rings is 1. The van der Waals surface area contributed by atoms with Crippen LogP contribution >= 0.6 is 0 Å². The summed E-state index contributed by atoms with van der Waals surface area (Å²) in [5, 5.41) is 3.73. The Balaban J connectivity index is 0.000000211. The van der Waals surface area contributed by atoms with E-state index in [2.05, 4.69) is 149 Å². The summed E-state index contributed by atoms with van der Waals surface area (Å²) in [5.41, 5.74) is 11.0. The minimum Gasteiger partial charge on any atom is -0.501 e. The van der Waals surface area contributed by atoms with E-state index in [0.717, 1.165) is 57.3 Å². The molecule has 7 rings (SSSR count). The molecule has 0 atom stereocenters. The Bertz CT molecular complexity index is 2210. The number of pyridine rings is 2. The van der Waals surface area contributed by atoms with E-state index in [-0.39, 0.29) is 25.5 Å². The smallest absolute Gasteiger partial charge is 0.121 e. The Morgan fingerprint density at radius 2 is 1.55 bits per heavy atom. The van der Waals surface area contributed by atoms with Gasteiger partial charge in [0.15, 0.2) is 0 Å². The SMILES string of the molecule is CC(C)(C)Cc1ccnc(-c2[c-]ccc3c2oc2cccc(-c4ccccc4)c23)c1.CC(C)Cc1cc(-c2[c-]cccc2)ncc1[Si](C)(C)C.[Ir]. The van der Waals surface area contributed by atoms with E-state index < -0.39 is 8.07 Å². The molecule has 263 valence electrons. The maximum absolute atomic E-state index is 6.37. The van der Waals surface area contributed by atoms with Gasteiger partial charge in [0.05, 0.1) is 13.7 Å². The van der Waals surface area contributed by atoms with Crippen LogP contribution in [0.5, 0.6) is 0 Å². The van der Waals surface area contributed by atoms with Crippen LogP contribution in [0.15, 0.2) is 120 Å². The van der Waals surface area contributed by atoms with Gasteiger partial charge < -0.3 is 14.4 Å². The van der Waals surface area contributed by atoms with Crippen molar-refractivity contribution in [3.05, 3.63) is 139 Å². The molecule has 0 unspecified atom stereocenters. The van der Waals surface area contributed by atoms with Crippen LogP contribution in [0.3, 0.4) is 0 Å². The number of hydrogen-bond acceptors (Lipinski definition) is 3. The first-order chi connectivity index (χ1) is 23.9. The normalized spacial score (nSPS) is 11.7. The van der Waals surface area contributed by atoms with Crippen molar-refractivity contribution in [1.82, 2.24) is 9.97 Å². The molecule has 0 aliphatic carbocycles. The fourth-order valence-electron chi connectivity index (χ4n) is 6.65. The van der Waals surface area contributed by atoms with E-state index in [1.165, 1.54) is 27.4 Å². The van der Waals surface area contributed by atoms with Crippen molar-refractivity contribution in [1.29, 1.82) is 0 Å². The molecule has 1 radical (unpaired) electrons. The van der Waals surface area contributed by atoms with Gasteiger partial charge in [-0.15, -0.1) is 54.1 Å². The number of hydrogen-bond donors (Lipinski definition) is 0. The van der Waals surface area contributed by atoms with Crippen molar-refractivity contribution in [3.8, 4) is 33.6 Å². The molecule has 0 aliphatic heterocycles. The average Bonchev–Trinajstić information content (AvgIpc) is 3.47. The van der Waals surface area contributed by atoms with Crippen LogP contribution < -0.4 is 5.19 Å². The molecular weight excluding hydrogens is 817 g/mol. The standard InChI is InChI=1S/C28H24NO.C18H24NSi.Ir/c1-28(2,3)18-19-15-16-29-24(17-19)22-12-7-13-23-26-21(20-9-5-4-6-10-20)11-8-14-25(26)30-27(22)23;1-14(2)11-16-12-17(15-9-7-6-8-10-15)19-13-18(16)20(3,4)5;/h4-11,13-17H,18H2,1-3H3;6-9,12-14H,11H2,1-5H3;/q2*-1;. The molecular formula is C46H48IrN2OSi-2. The molecule has 3 heterocycles. The van der Waals surface area contributed by atoms with Gasteiger partial charge in [0.2, 0.25) is 0 Å². The largest absolute Gasteiger partial charge is 0.501 e. The number of benzene rings is 4. The van der Waals surface area contributed by atoms with Crippen LogP contribution in [0.1, 0.15) is 45.7 Å². The predicted octanol–water partition coefficient (Wildman–Crippen LogP) is 12.0. The van der Waals surface area contributed by atoms with E-state index in [1.807, 2.05) is 42.6 Å². The first-order valence-electron chi connectivity index (χ1n) is 17.7. The zero-order chi connectivity index (χ0) is 35.5. The van der Waals surface area contributed by atoms with E-state index in [9.17, 15) is 0 Å². The third-order valence-corrected chi connectivity index (χ3v) is 10.8. The minimum atomic E-state index is -1.34. The van der Waals surface area contributed by atoms with Gasteiger partial charge in [-0.2, -0.15) is 0 Å². The van der Waals surface area contributed by atoms with Gasteiger partial charge in [0, 0.05) is 37.9 Å². The van der Waals surface area contributed by atoms with E-state index in [1.54, 1.807) is 0 Å². The molecule has 0 saturated carbocycles. The molecule has 4 aromatic carbocycles. The summed E-state index contributed by atoms with van der Waals surface area (Å²) in [5.74, 6) is 0.667. The molecule has 0 amide bonds. The third-order valence-electron chi connectivity index (χ3n) is 8.77. The first-order valence-corrected chi connectivity index (χ1v) is 21.2. The zero-order valence-corrected chi connectivity index (χ0v) is 34.5. The Morgan fingerprint density at radius 3 is 2.24 bits per heavy atom. The third kappa shape index (κ3) is 9.21. The van der Waals surface area contributed by atoms with Crippen molar-refractivity contribution in [2.45, 2.75) is 67.1 Å². The first kappa shape index (κ1) is 38.1. The second kappa shape index (κ2) is 16.0. The van der Waals surface area contributed by atoms with Crippen molar-refractivity contribution in [2.24, 2.45) is 11.3 Å². The Labute approximate surface area is 319 Å². The molecule has 5 heteroatoms. The summed E-state index contributed by atoms with van der Waals surface area (Å²) < 4.78 is 6.37. The molecule has 3 nitrogen and oxygen atoms in total. The molecule has 0 spiro atoms. The van der Waals surface area contributed by atoms with Gasteiger partial charge >= 0.3 is 0 Å². The summed E-state index contributed by atoms with van der Waals surface area (Å²) in [6, 6.07) is 42.0. The van der Waals surface area contributed by atoms with Gasteiger partial charge in [-0.25, -0.2) is 0 Å². The van der Waals surface area contributed by atoms with Crippen molar-refractivity contribution < 1.29 is 24.5 Å². The Morgan fingerprint density at radius 1 is 0.784 bits per heavy atom. The van der Waals surface area contributed by atoms with Crippen molar-refractivity contribution >= 4 is 35.2 Å². The summed E-state index contributed by atoms with van der Waals surface area (Å²) in [4.78, 5) is 9.34. The average molecular weight is 865 g/mol. The van der Waals surface area contributed by atoms with Gasteiger partial charge in [0.1, 0.15) is 5.58 Å². The van der Waals surface area contributed by atoms with Gasteiger partial charge in [0.25, 0.3) is 0 Å². The second-order valence-electron chi connectivity index (χ2n) is 15.9. The molecule has 7 aromatic rings. The van der Waals surface area contributed by atoms with E-state index in [0.29, 0.717) is 5.92 Å². The number of nitrogens with zero attached hydrogens (tertiary/aromatic N) is 2. The fraction of sp³-hybridized carbons (Fsp3) is 0.261. The van der Waals surface area contributed by atoms with Crippen LogP contribution in [0.2, 0.25) is 19.6 Å². The van der Waals surface area contributed by atoms with Crippen molar-refractivity contribution in [3.63, 3.8) is 0 Å². The van der Waals surface area contributed by atoms with Crippen LogP contribution in [0.4, 0.5) is 0 Å². The quantitative estimate of drug-likeness (QED) is 0.118. The number of fused-ring (bicyclic) bond motifs is 3. The number of rotatable bonds is 7. The predicted molar refractivity (Wildman–Crippen MR) is 214 cm³/mol.